The maximum absolute atomic E-state index is 13.7. The van der Waals surface area contributed by atoms with E-state index in [1.807, 2.05) is 24.3 Å². The van der Waals surface area contributed by atoms with Crippen LogP contribution < -0.4 is 5.32 Å². The van der Waals surface area contributed by atoms with Crippen molar-refractivity contribution in [2.45, 2.75) is 49.1 Å². The van der Waals surface area contributed by atoms with Crippen molar-refractivity contribution in [2.75, 3.05) is 13.2 Å². The largest absolute Gasteiger partial charge is 0.394 e. The van der Waals surface area contributed by atoms with Gasteiger partial charge in [0.25, 0.3) is 0 Å². The van der Waals surface area contributed by atoms with Gasteiger partial charge in [0, 0.05) is 16.6 Å². The molecular formula is C24H24BrF3N4O5. The van der Waals surface area contributed by atoms with Gasteiger partial charge in [0.15, 0.2) is 17.5 Å². The zero-order valence-corrected chi connectivity index (χ0v) is 20.9. The summed E-state index contributed by atoms with van der Waals surface area (Å²) in [4.78, 5) is 0. The molecule has 3 aromatic rings. The SMILES string of the molecule is OC[C@H]1O[C@]2(OCC[C@H]2NCc2cccc(Br)c2)[C@H](O)[C@@H](n2cc(-c3cc(F)c(F)c(F)c3)nn2)[C@H]1O. The molecule has 0 bridgehead atoms. The van der Waals surface area contributed by atoms with Crippen molar-refractivity contribution in [1.82, 2.24) is 20.3 Å². The van der Waals surface area contributed by atoms with Crippen molar-refractivity contribution in [2.24, 2.45) is 0 Å². The second-order valence-corrected chi connectivity index (χ2v) is 9.94. The molecule has 5 rings (SSSR count). The molecule has 2 aromatic carbocycles. The lowest BCUT2D eigenvalue weighted by atomic mass is 9.86. The minimum Gasteiger partial charge on any atom is -0.394 e. The summed E-state index contributed by atoms with van der Waals surface area (Å²) in [6.45, 7) is 0.0895. The van der Waals surface area contributed by atoms with Crippen LogP contribution in [0.15, 0.2) is 47.1 Å². The quantitative estimate of drug-likeness (QED) is 0.325. The van der Waals surface area contributed by atoms with E-state index in [9.17, 15) is 28.5 Å². The van der Waals surface area contributed by atoms with E-state index in [2.05, 4.69) is 31.6 Å². The minimum absolute atomic E-state index is 0.0186. The number of hydrogen-bond acceptors (Lipinski definition) is 8. The van der Waals surface area contributed by atoms with Crippen molar-refractivity contribution in [3.8, 4) is 11.3 Å². The number of ether oxygens (including phenoxy) is 2. The van der Waals surface area contributed by atoms with E-state index in [4.69, 9.17) is 9.47 Å². The van der Waals surface area contributed by atoms with Crippen LogP contribution in [-0.4, -0.2) is 73.7 Å². The van der Waals surface area contributed by atoms with Crippen molar-refractivity contribution in [3.63, 3.8) is 0 Å². The van der Waals surface area contributed by atoms with Gasteiger partial charge >= 0.3 is 0 Å². The zero-order valence-electron chi connectivity index (χ0n) is 19.3. The molecule has 1 aromatic heterocycles. The molecule has 2 fully saturated rings. The van der Waals surface area contributed by atoms with Crippen LogP contribution in [-0.2, 0) is 16.0 Å². The van der Waals surface area contributed by atoms with E-state index in [1.54, 1.807) is 0 Å². The molecule has 37 heavy (non-hydrogen) atoms. The molecule has 0 aliphatic carbocycles. The number of aromatic nitrogens is 3. The first kappa shape index (κ1) is 26.2. The molecule has 0 unspecified atom stereocenters. The third-order valence-corrected chi connectivity index (χ3v) is 7.23. The smallest absolute Gasteiger partial charge is 0.213 e. The molecular weight excluding hydrogens is 561 g/mol. The highest BCUT2D eigenvalue weighted by Crippen LogP contribution is 2.43. The van der Waals surface area contributed by atoms with Gasteiger partial charge in [-0.3, -0.25) is 0 Å². The number of rotatable bonds is 6. The number of aliphatic hydroxyl groups excluding tert-OH is 3. The maximum Gasteiger partial charge on any atom is 0.213 e. The molecule has 2 aliphatic heterocycles. The van der Waals surface area contributed by atoms with Gasteiger partial charge in [-0.15, -0.1) is 5.10 Å². The van der Waals surface area contributed by atoms with Crippen LogP contribution in [0.1, 0.15) is 18.0 Å². The van der Waals surface area contributed by atoms with Crippen LogP contribution in [0.3, 0.4) is 0 Å². The summed E-state index contributed by atoms with van der Waals surface area (Å²) in [6, 6.07) is 7.48. The van der Waals surface area contributed by atoms with E-state index in [0.717, 1.165) is 26.9 Å². The van der Waals surface area contributed by atoms with Crippen LogP contribution in [0.2, 0.25) is 0 Å². The molecule has 0 saturated carbocycles. The van der Waals surface area contributed by atoms with Crippen LogP contribution in [0.4, 0.5) is 13.2 Å². The van der Waals surface area contributed by atoms with E-state index in [1.165, 1.54) is 6.20 Å². The van der Waals surface area contributed by atoms with Gasteiger partial charge in [-0.25, -0.2) is 17.9 Å². The minimum atomic E-state index is -1.64. The lowest BCUT2D eigenvalue weighted by molar-refractivity contribution is -0.345. The third-order valence-electron chi connectivity index (χ3n) is 6.74. The van der Waals surface area contributed by atoms with E-state index < -0.39 is 60.2 Å². The first-order chi connectivity index (χ1) is 17.7. The van der Waals surface area contributed by atoms with Gasteiger partial charge in [-0.2, -0.15) is 0 Å². The highest BCUT2D eigenvalue weighted by Gasteiger charge is 2.61. The molecule has 2 saturated heterocycles. The summed E-state index contributed by atoms with van der Waals surface area (Å²) in [7, 11) is 0. The Labute approximate surface area is 218 Å². The molecule has 4 N–H and O–H groups in total. The third kappa shape index (κ3) is 4.80. The number of nitrogens with zero attached hydrogens (tertiary/aromatic N) is 3. The Morgan fingerprint density at radius 2 is 1.92 bits per heavy atom. The summed E-state index contributed by atoms with van der Waals surface area (Å²) in [5, 5.41) is 43.5. The summed E-state index contributed by atoms with van der Waals surface area (Å²) < 4.78 is 54.8. The standard InChI is InChI=1S/C24H24BrF3N4O5/c25-14-3-1-2-12(6-14)9-29-19-4-5-36-24(19)23(35)21(22(34)18(11-33)37-24)32-10-17(30-31-32)13-7-15(26)20(28)16(27)8-13/h1-3,6-8,10,18-19,21-23,29,33-35H,4-5,9,11H2/t18-,19-,21+,22+,23-,24+/m1/s1. The summed E-state index contributed by atoms with van der Waals surface area (Å²) >= 11 is 3.43. The Bertz CT molecular complexity index is 1260. The molecule has 6 atom stereocenters. The lowest BCUT2D eigenvalue weighted by Gasteiger charge is -2.49. The van der Waals surface area contributed by atoms with Gasteiger partial charge in [-0.1, -0.05) is 33.3 Å². The Kier molecular flexibility index (Phi) is 7.38. The average Bonchev–Trinajstić information content (AvgIpc) is 3.52. The number of benzene rings is 2. The molecule has 2 aliphatic rings. The summed E-state index contributed by atoms with van der Waals surface area (Å²) in [5.41, 5.74) is 0.865. The second kappa shape index (κ2) is 10.4. The first-order valence-corrected chi connectivity index (χ1v) is 12.4. The molecule has 9 nitrogen and oxygen atoms in total. The Hall–Kier alpha value is -2.39. The molecule has 198 valence electrons. The number of nitrogens with one attached hydrogen (secondary N) is 1. The average molecular weight is 585 g/mol. The Balaban J connectivity index is 1.44. The van der Waals surface area contributed by atoms with E-state index in [-0.39, 0.29) is 17.9 Å². The van der Waals surface area contributed by atoms with Crippen molar-refractivity contribution < 1.29 is 38.0 Å². The topological polar surface area (TPSA) is 122 Å². The number of hydrogen-bond donors (Lipinski definition) is 4. The van der Waals surface area contributed by atoms with E-state index in [0.29, 0.717) is 13.0 Å². The van der Waals surface area contributed by atoms with Gasteiger partial charge in [-0.05, 0) is 36.2 Å². The van der Waals surface area contributed by atoms with Gasteiger partial charge in [0.05, 0.1) is 25.5 Å². The van der Waals surface area contributed by atoms with E-state index >= 15 is 0 Å². The van der Waals surface area contributed by atoms with Gasteiger partial charge < -0.3 is 30.1 Å². The zero-order chi connectivity index (χ0) is 26.3. The van der Waals surface area contributed by atoms with Crippen molar-refractivity contribution in [1.29, 1.82) is 0 Å². The first-order valence-electron chi connectivity index (χ1n) is 11.6. The lowest BCUT2D eigenvalue weighted by Crippen LogP contribution is -2.68. The van der Waals surface area contributed by atoms with Crippen LogP contribution in [0, 0.1) is 17.5 Å². The fourth-order valence-electron chi connectivity index (χ4n) is 4.90. The van der Waals surface area contributed by atoms with Crippen molar-refractivity contribution in [3.05, 3.63) is 70.1 Å². The molecule has 1 spiro atoms. The monoisotopic (exact) mass is 584 g/mol. The Morgan fingerprint density at radius 3 is 2.62 bits per heavy atom. The summed E-state index contributed by atoms with van der Waals surface area (Å²) in [6.07, 6.45) is -2.32. The fourth-order valence-corrected chi connectivity index (χ4v) is 5.35. The van der Waals surface area contributed by atoms with Crippen LogP contribution in [0.5, 0.6) is 0 Å². The van der Waals surface area contributed by atoms with Gasteiger partial charge in [0.1, 0.15) is 30.0 Å². The highest BCUT2D eigenvalue weighted by atomic mass is 79.9. The van der Waals surface area contributed by atoms with Crippen LogP contribution >= 0.6 is 15.9 Å². The van der Waals surface area contributed by atoms with Crippen LogP contribution in [0.25, 0.3) is 11.3 Å². The molecule has 13 heteroatoms. The van der Waals surface area contributed by atoms with Crippen molar-refractivity contribution >= 4 is 15.9 Å². The second-order valence-electron chi connectivity index (χ2n) is 9.02. The number of halogens is 4. The molecule has 3 heterocycles. The predicted octanol–water partition coefficient (Wildman–Crippen LogP) is 2.05. The molecule has 0 amide bonds. The summed E-state index contributed by atoms with van der Waals surface area (Å²) in [5.74, 6) is -6.04. The maximum atomic E-state index is 13.7. The fraction of sp³-hybridized carbons (Fsp3) is 0.417. The number of aliphatic hydroxyl groups is 3. The predicted molar refractivity (Wildman–Crippen MR) is 126 cm³/mol. The Morgan fingerprint density at radius 1 is 1.16 bits per heavy atom. The molecule has 0 radical (unpaired) electrons. The normalized spacial score (nSPS) is 29.8. The highest BCUT2D eigenvalue weighted by molar-refractivity contribution is 9.10. The van der Waals surface area contributed by atoms with Gasteiger partial charge in [0.2, 0.25) is 5.79 Å².